The molecule has 8 nitrogen and oxygen atoms in total. The third kappa shape index (κ3) is 6.36. The molecule has 0 aromatic heterocycles. The Morgan fingerprint density at radius 2 is 1.47 bits per heavy atom. The smallest absolute Gasteiger partial charge is 0.262 e. The zero-order valence-electron chi connectivity index (χ0n) is 19.2. The van der Waals surface area contributed by atoms with E-state index in [1.165, 1.54) is 44.2 Å². The first-order valence-electron chi connectivity index (χ1n) is 10.2. The van der Waals surface area contributed by atoms with Crippen LogP contribution >= 0.6 is 11.8 Å². The van der Waals surface area contributed by atoms with Crippen molar-refractivity contribution < 1.29 is 27.4 Å². The first kappa shape index (κ1) is 25.3. The number of hydrogen-bond acceptors (Lipinski definition) is 7. The lowest BCUT2D eigenvalue weighted by Gasteiger charge is -2.14. The average molecular weight is 503 g/mol. The summed E-state index contributed by atoms with van der Waals surface area (Å²) in [6, 6.07) is 18.2. The fraction of sp³-hybridized carbons (Fsp3) is 0.208. The Hall–Kier alpha value is -3.37. The van der Waals surface area contributed by atoms with Gasteiger partial charge in [-0.25, -0.2) is 8.42 Å². The van der Waals surface area contributed by atoms with Gasteiger partial charge >= 0.3 is 0 Å². The highest BCUT2D eigenvalue weighted by molar-refractivity contribution is 8.00. The summed E-state index contributed by atoms with van der Waals surface area (Å²) in [7, 11) is 0.645. The Kier molecular flexibility index (Phi) is 8.30. The van der Waals surface area contributed by atoms with Gasteiger partial charge in [0.15, 0.2) is 0 Å². The van der Waals surface area contributed by atoms with Crippen LogP contribution in [0, 0.1) is 0 Å². The molecule has 34 heavy (non-hydrogen) atoms. The van der Waals surface area contributed by atoms with Crippen LogP contribution in [0.4, 0.5) is 11.4 Å². The van der Waals surface area contributed by atoms with Gasteiger partial charge in [0.2, 0.25) is 5.91 Å². The summed E-state index contributed by atoms with van der Waals surface area (Å²) >= 11 is 1.41. The van der Waals surface area contributed by atoms with Gasteiger partial charge in [0, 0.05) is 16.6 Å². The predicted octanol–water partition coefficient (Wildman–Crippen LogP) is 4.63. The zero-order chi connectivity index (χ0) is 24.7. The van der Waals surface area contributed by atoms with Crippen molar-refractivity contribution >= 4 is 39.1 Å². The highest BCUT2D eigenvalue weighted by atomic mass is 32.2. The van der Waals surface area contributed by atoms with Crippen LogP contribution < -0.4 is 24.2 Å². The molecule has 3 rings (SSSR count). The van der Waals surface area contributed by atoms with Crippen molar-refractivity contribution in [2.24, 2.45) is 0 Å². The summed E-state index contributed by atoms with van der Waals surface area (Å²) in [5, 5.41) is 2.45. The van der Waals surface area contributed by atoms with E-state index in [4.69, 9.17) is 14.2 Å². The van der Waals surface area contributed by atoms with Gasteiger partial charge in [-0.1, -0.05) is 0 Å². The number of amides is 1. The number of rotatable bonds is 10. The van der Waals surface area contributed by atoms with E-state index in [2.05, 4.69) is 10.0 Å². The van der Waals surface area contributed by atoms with Crippen molar-refractivity contribution in [1.82, 2.24) is 0 Å². The van der Waals surface area contributed by atoms with E-state index in [9.17, 15) is 13.2 Å². The van der Waals surface area contributed by atoms with Crippen molar-refractivity contribution in [3.8, 4) is 17.2 Å². The van der Waals surface area contributed by atoms with Crippen molar-refractivity contribution in [1.29, 1.82) is 0 Å². The van der Waals surface area contributed by atoms with Gasteiger partial charge in [0.05, 0.1) is 37.2 Å². The minimum atomic E-state index is -3.89. The second kappa shape index (κ2) is 11.2. The van der Waals surface area contributed by atoms with Crippen molar-refractivity contribution in [2.75, 3.05) is 31.4 Å². The Bertz CT molecular complexity index is 1230. The average Bonchev–Trinajstić information content (AvgIpc) is 2.84. The Morgan fingerprint density at radius 3 is 2.06 bits per heavy atom. The highest BCUT2D eigenvalue weighted by Gasteiger charge is 2.19. The fourth-order valence-electron chi connectivity index (χ4n) is 2.97. The molecule has 0 aliphatic carbocycles. The third-order valence-corrected chi connectivity index (χ3v) is 7.32. The molecule has 0 aliphatic heterocycles. The number of carbonyl (C=O) groups excluding carboxylic acids is 1. The van der Waals surface area contributed by atoms with E-state index >= 15 is 0 Å². The van der Waals surface area contributed by atoms with Crippen LogP contribution in [-0.4, -0.2) is 40.9 Å². The number of carbonyl (C=O) groups is 1. The standard InChI is InChI=1S/C24H26N2O6S2/c1-16(33-20-10-7-18(30-2)8-11-20)24(27)25-17-5-12-21(13-6-17)34(28,29)26-22-15-19(31-3)9-14-23(22)32-4/h5-16,26H,1-4H3,(H,25,27)/t16-/m1/s1. The Labute approximate surface area is 203 Å². The summed E-state index contributed by atoms with van der Waals surface area (Å²) in [5.74, 6) is 1.39. The molecule has 0 unspecified atom stereocenters. The number of hydrogen-bond donors (Lipinski definition) is 2. The molecule has 3 aromatic rings. The number of sulfonamides is 1. The second-order valence-corrected chi connectivity index (χ2v) is 10.2. The van der Waals surface area contributed by atoms with Gasteiger partial charge < -0.3 is 19.5 Å². The number of methoxy groups -OCH3 is 3. The van der Waals surface area contributed by atoms with Gasteiger partial charge in [-0.2, -0.15) is 0 Å². The maximum absolute atomic E-state index is 12.9. The minimum Gasteiger partial charge on any atom is -0.497 e. The van der Waals surface area contributed by atoms with E-state index in [1.54, 1.807) is 38.3 Å². The van der Waals surface area contributed by atoms with Crippen LogP contribution in [0.3, 0.4) is 0 Å². The lowest BCUT2D eigenvalue weighted by Crippen LogP contribution is -2.22. The van der Waals surface area contributed by atoms with Crippen molar-refractivity contribution in [3.63, 3.8) is 0 Å². The molecule has 0 saturated heterocycles. The van der Waals surface area contributed by atoms with E-state index in [0.29, 0.717) is 17.2 Å². The normalized spacial score (nSPS) is 11.9. The van der Waals surface area contributed by atoms with Crippen molar-refractivity contribution in [3.05, 3.63) is 66.7 Å². The molecule has 0 heterocycles. The molecule has 1 atom stereocenters. The molecule has 0 saturated carbocycles. The third-order valence-electron chi connectivity index (χ3n) is 4.82. The van der Waals surface area contributed by atoms with Gasteiger partial charge in [-0.15, -0.1) is 11.8 Å². The Morgan fingerprint density at radius 1 is 0.853 bits per heavy atom. The minimum absolute atomic E-state index is 0.0380. The van der Waals surface area contributed by atoms with Crippen LogP contribution in [-0.2, 0) is 14.8 Å². The van der Waals surface area contributed by atoms with Gasteiger partial charge in [0.1, 0.15) is 17.2 Å². The van der Waals surface area contributed by atoms with Crippen molar-refractivity contribution in [2.45, 2.75) is 22.0 Å². The largest absolute Gasteiger partial charge is 0.497 e. The highest BCUT2D eigenvalue weighted by Crippen LogP contribution is 2.31. The molecule has 2 N–H and O–H groups in total. The molecule has 1 amide bonds. The molecule has 10 heteroatoms. The molecule has 180 valence electrons. The van der Waals surface area contributed by atoms with E-state index < -0.39 is 10.0 Å². The quantitative estimate of drug-likeness (QED) is 0.390. The van der Waals surface area contributed by atoms with Crippen LogP contribution in [0.2, 0.25) is 0 Å². The molecule has 0 aliphatic rings. The summed E-state index contributed by atoms with van der Waals surface area (Å²) in [6.07, 6.45) is 0. The fourth-order valence-corrected chi connectivity index (χ4v) is 4.90. The maximum atomic E-state index is 12.9. The summed E-state index contributed by atoms with van der Waals surface area (Å²) < 4.78 is 43.7. The molecular formula is C24H26N2O6S2. The van der Waals surface area contributed by atoms with Gasteiger partial charge in [-0.3, -0.25) is 9.52 Å². The monoisotopic (exact) mass is 502 g/mol. The summed E-state index contributed by atoms with van der Waals surface area (Å²) in [5.41, 5.74) is 0.744. The topological polar surface area (TPSA) is 103 Å². The van der Waals surface area contributed by atoms with Gasteiger partial charge in [-0.05, 0) is 67.6 Å². The van der Waals surface area contributed by atoms with Crippen LogP contribution in [0.25, 0.3) is 0 Å². The predicted molar refractivity (Wildman–Crippen MR) is 134 cm³/mol. The molecule has 3 aromatic carbocycles. The Balaban J connectivity index is 1.66. The zero-order valence-corrected chi connectivity index (χ0v) is 20.8. The van der Waals surface area contributed by atoms with Crippen LogP contribution in [0.5, 0.6) is 17.2 Å². The second-order valence-electron chi connectivity index (χ2n) is 7.12. The molecule has 0 fully saturated rings. The molecule has 0 radical (unpaired) electrons. The lowest BCUT2D eigenvalue weighted by atomic mass is 10.3. The van der Waals surface area contributed by atoms with Gasteiger partial charge in [0.25, 0.3) is 10.0 Å². The first-order valence-corrected chi connectivity index (χ1v) is 12.6. The number of nitrogens with one attached hydrogen (secondary N) is 2. The first-order chi connectivity index (χ1) is 16.2. The maximum Gasteiger partial charge on any atom is 0.262 e. The number of anilines is 2. The van der Waals surface area contributed by atoms with E-state index in [1.807, 2.05) is 24.3 Å². The molecule has 0 spiro atoms. The number of thioether (sulfide) groups is 1. The summed E-state index contributed by atoms with van der Waals surface area (Å²) in [6.45, 7) is 1.80. The molecule has 0 bridgehead atoms. The SMILES string of the molecule is COc1ccc(S[C@H](C)C(=O)Nc2ccc(S(=O)(=O)Nc3cc(OC)ccc3OC)cc2)cc1. The number of benzene rings is 3. The van der Waals surface area contributed by atoms with Crippen LogP contribution in [0.1, 0.15) is 6.92 Å². The van der Waals surface area contributed by atoms with E-state index in [0.717, 1.165) is 10.6 Å². The number of ether oxygens (including phenoxy) is 3. The summed E-state index contributed by atoms with van der Waals surface area (Å²) in [4.78, 5) is 13.6. The van der Waals surface area contributed by atoms with Crippen LogP contribution in [0.15, 0.2) is 76.5 Å². The lowest BCUT2D eigenvalue weighted by molar-refractivity contribution is -0.115. The molecular weight excluding hydrogens is 476 g/mol. The van der Waals surface area contributed by atoms with E-state index in [-0.39, 0.29) is 21.7 Å².